The van der Waals surface area contributed by atoms with Crippen LogP contribution in [0.2, 0.25) is 0 Å². The zero-order chi connectivity index (χ0) is 15.5. The molecule has 0 saturated carbocycles. The lowest BCUT2D eigenvalue weighted by Gasteiger charge is -2.31. The minimum atomic E-state index is -0.135. The largest absolute Gasteiger partial charge is 0.193 e. The number of allylic oxidation sites excluding steroid dienone is 2. The van der Waals surface area contributed by atoms with Crippen molar-refractivity contribution in [1.29, 1.82) is 10.5 Å². The normalized spacial score (nSPS) is 18.8. The fourth-order valence-corrected chi connectivity index (χ4v) is 7.42. The second-order valence-corrected chi connectivity index (χ2v) is 10.8. The van der Waals surface area contributed by atoms with E-state index in [0.717, 1.165) is 42.6 Å². The standard InChI is InChI=1S/C15H18N2S4/c1-15(2,3)12(10(8-16)13-18-4-5-19-13)11(9-17)14-20-6-7-21-14/h12H,4-7H2,1-3H3. The Morgan fingerprint density at radius 1 is 0.857 bits per heavy atom. The first kappa shape index (κ1) is 17.2. The van der Waals surface area contributed by atoms with Crippen molar-refractivity contribution in [2.45, 2.75) is 20.8 Å². The Morgan fingerprint density at radius 3 is 1.43 bits per heavy atom. The minimum absolute atomic E-state index is 0.103. The van der Waals surface area contributed by atoms with Gasteiger partial charge in [-0.2, -0.15) is 10.5 Å². The van der Waals surface area contributed by atoms with Gasteiger partial charge in [-0.25, -0.2) is 0 Å². The molecule has 0 atom stereocenters. The lowest BCUT2D eigenvalue weighted by atomic mass is 9.73. The van der Waals surface area contributed by atoms with E-state index < -0.39 is 0 Å². The zero-order valence-electron chi connectivity index (χ0n) is 12.4. The lowest BCUT2D eigenvalue weighted by Crippen LogP contribution is -2.24. The highest BCUT2D eigenvalue weighted by molar-refractivity contribution is 8.25. The van der Waals surface area contributed by atoms with Gasteiger partial charge in [0.2, 0.25) is 0 Å². The first-order chi connectivity index (χ1) is 9.99. The number of hydrogen-bond acceptors (Lipinski definition) is 6. The molecule has 0 unspecified atom stereocenters. The molecular formula is C15H18N2S4. The van der Waals surface area contributed by atoms with Crippen LogP contribution in [-0.4, -0.2) is 23.0 Å². The predicted octanol–water partition coefficient (Wildman–Crippen LogP) is 5.08. The van der Waals surface area contributed by atoms with Crippen molar-refractivity contribution in [3.8, 4) is 12.1 Å². The maximum absolute atomic E-state index is 9.73. The molecule has 2 aliphatic rings. The van der Waals surface area contributed by atoms with E-state index >= 15 is 0 Å². The fourth-order valence-electron chi connectivity index (χ4n) is 2.40. The van der Waals surface area contributed by atoms with Gasteiger partial charge < -0.3 is 0 Å². The smallest absolute Gasteiger partial charge is 0.0971 e. The Kier molecular flexibility index (Phi) is 6.08. The van der Waals surface area contributed by atoms with Crippen molar-refractivity contribution in [2.24, 2.45) is 11.3 Å². The van der Waals surface area contributed by atoms with E-state index in [-0.39, 0.29) is 11.3 Å². The van der Waals surface area contributed by atoms with Crippen molar-refractivity contribution < 1.29 is 0 Å². The molecule has 112 valence electrons. The van der Waals surface area contributed by atoms with Crippen LogP contribution in [0.15, 0.2) is 19.6 Å². The molecular weight excluding hydrogens is 336 g/mol. The third kappa shape index (κ3) is 3.99. The first-order valence-electron chi connectivity index (χ1n) is 6.78. The van der Waals surface area contributed by atoms with Crippen LogP contribution in [0, 0.1) is 34.0 Å². The van der Waals surface area contributed by atoms with Crippen molar-refractivity contribution >= 4 is 47.0 Å². The van der Waals surface area contributed by atoms with E-state index in [1.54, 1.807) is 47.0 Å². The Bertz CT molecular complexity index is 498. The molecule has 2 nitrogen and oxygen atoms in total. The second kappa shape index (κ2) is 7.42. The predicted molar refractivity (Wildman–Crippen MR) is 98.1 cm³/mol. The van der Waals surface area contributed by atoms with Crippen LogP contribution in [0.25, 0.3) is 0 Å². The highest BCUT2D eigenvalue weighted by atomic mass is 32.2. The monoisotopic (exact) mass is 354 g/mol. The molecule has 0 aromatic heterocycles. The minimum Gasteiger partial charge on any atom is -0.193 e. The summed E-state index contributed by atoms with van der Waals surface area (Å²) in [6.07, 6.45) is 0. The van der Waals surface area contributed by atoms with Gasteiger partial charge >= 0.3 is 0 Å². The summed E-state index contributed by atoms with van der Waals surface area (Å²) in [6, 6.07) is 4.85. The molecule has 2 heterocycles. The van der Waals surface area contributed by atoms with Crippen molar-refractivity contribution in [2.75, 3.05) is 23.0 Å². The average molecular weight is 355 g/mol. The van der Waals surface area contributed by atoms with E-state index in [0.29, 0.717) is 0 Å². The maximum Gasteiger partial charge on any atom is 0.0971 e. The van der Waals surface area contributed by atoms with Crippen LogP contribution in [0.5, 0.6) is 0 Å². The van der Waals surface area contributed by atoms with Gasteiger partial charge in [0, 0.05) is 28.9 Å². The molecule has 2 saturated heterocycles. The molecule has 0 bridgehead atoms. The van der Waals surface area contributed by atoms with Gasteiger partial charge in [-0.15, -0.1) is 47.0 Å². The highest BCUT2D eigenvalue weighted by Gasteiger charge is 2.37. The molecule has 0 N–H and O–H groups in total. The third-order valence-electron chi connectivity index (χ3n) is 3.22. The summed E-state index contributed by atoms with van der Waals surface area (Å²) >= 11 is 7.06. The van der Waals surface area contributed by atoms with E-state index in [9.17, 15) is 10.5 Å². The number of rotatable bonds is 2. The fraction of sp³-hybridized carbons (Fsp3) is 0.600. The molecule has 2 fully saturated rings. The van der Waals surface area contributed by atoms with Crippen LogP contribution in [-0.2, 0) is 0 Å². The van der Waals surface area contributed by atoms with Gasteiger partial charge in [0.05, 0.1) is 31.8 Å². The van der Waals surface area contributed by atoms with Crippen molar-refractivity contribution in [3.63, 3.8) is 0 Å². The Balaban J connectivity index is 2.54. The van der Waals surface area contributed by atoms with Gasteiger partial charge in [-0.1, -0.05) is 20.8 Å². The molecule has 0 aromatic rings. The number of thioether (sulfide) groups is 4. The summed E-state index contributed by atoms with van der Waals surface area (Å²) in [6.45, 7) is 6.38. The van der Waals surface area contributed by atoms with Crippen LogP contribution in [0.1, 0.15) is 20.8 Å². The van der Waals surface area contributed by atoms with Gasteiger partial charge in [-0.3, -0.25) is 0 Å². The lowest BCUT2D eigenvalue weighted by molar-refractivity contribution is 0.327. The van der Waals surface area contributed by atoms with Gasteiger partial charge in [-0.05, 0) is 5.41 Å². The summed E-state index contributed by atoms with van der Waals surface area (Å²) < 4.78 is 2.25. The number of nitrogens with zero attached hydrogens (tertiary/aromatic N) is 2. The SMILES string of the molecule is CC(C)(C)C(C(C#N)=C1SCCS1)C(C#N)=C1SCCS1. The molecule has 6 heteroatoms. The Labute approximate surface area is 144 Å². The van der Waals surface area contributed by atoms with Crippen molar-refractivity contribution in [3.05, 3.63) is 19.6 Å². The summed E-state index contributed by atoms with van der Waals surface area (Å²) in [5.41, 5.74) is 1.46. The molecule has 2 rings (SSSR count). The number of nitriles is 2. The van der Waals surface area contributed by atoms with Crippen LogP contribution in [0.4, 0.5) is 0 Å². The van der Waals surface area contributed by atoms with Crippen molar-refractivity contribution in [1.82, 2.24) is 0 Å². The molecule has 0 spiro atoms. The molecule has 0 aromatic carbocycles. The Hall–Kier alpha value is -0.140. The summed E-state index contributed by atoms with van der Waals surface area (Å²) in [5, 5.41) is 19.5. The quantitative estimate of drug-likeness (QED) is 0.645. The van der Waals surface area contributed by atoms with Gasteiger partial charge in [0.1, 0.15) is 0 Å². The zero-order valence-corrected chi connectivity index (χ0v) is 15.7. The van der Waals surface area contributed by atoms with Crippen LogP contribution >= 0.6 is 47.0 Å². The maximum atomic E-state index is 9.73. The summed E-state index contributed by atoms with van der Waals surface area (Å²) in [4.78, 5) is 0. The average Bonchev–Trinajstić information content (AvgIpc) is 3.10. The molecule has 21 heavy (non-hydrogen) atoms. The highest BCUT2D eigenvalue weighted by Crippen LogP contribution is 2.50. The molecule has 0 amide bonds. The van der Waals surface area contributed by atoms with Gasteiger partial charge in [0.25, 0.3) is 0 Å². The van der Waals surface area contributed by atoms with Crippen LogP contribution < -0.4 is 0 Å². The number of hydrogen-bond donors (Lipinski definition) is 0. The third-order valence-corrected chi connectivity index (χ3v) is 8.72. The van der Waals surface area contributed by atoms with E-state index in [4.69, 9.17) is 0 Å². The first-order valence-corrected chi connectivity index (χ1v) is 10.7. The summed E-state index contributed by atoms with van der Waals surface area (Å²) in [5.74, 6) is 4.14. The molecule has 2 aliphatic heterocycles. The van der Waals surface area contributed by atoms with E-state index in [2.05, 4.69) is 32.9 Å². The Morgan fingerprint density at radius 2 is 1.19 bits per heavy atom. The molecule has 0 radical (unpaired) electrons. The van der Waals surface area contributed by atoms with E-state index in [1.165, 1.54) is 0 Å². The summed E-state index contributed by atoms with van der Waals surface area (Å²) in [7, 11) is 0. The van der Waals surface area contributed by atoms with Crippen LogP contribution in [0.3, 0.4) is 0 Å². The second-order valence-electron chi connectivity index (χ2n) is 5.82. The van der Waals surface area contributed by atoms with E-state index in [1.807, 2.05) is 0 Å². The molecule has 0 aliphatic carbocycles. The van der Waals surface area contributed by atoms with Gasteiger partial charge in [0.15, 0.2) is 0 Å². The topological polar surface area (TPSA) is 47.6 Å².